The molecule has 1 nitrogen and oxygen atoms in total. The summed E-state index contributed by atoms with van der Waals surface area (Å²) in [6.45, 7) is 18.7. The van der Waals surface area contributed by atoms with Gasteiger partial charge >= 0.3 is 274 Å². The first-order chi connectivity index (χ1) is 21.0. The molecule has 0 saturated heterocycles. The first-order valence-corrected chi connectivity index (χ1v) is 22.8. The van der Waals surface area contributed by atoms with Gasteiger partial charge < -0.3 is 0 Å². The number of hydrogen-bond acceptors (Lipinski definition) is 1. The van der Waals surface area contributed by atoms with Gasteiger partial charge in [-0.15, -0.1) is 0 Å². The molecule has 0 bridgehead atoms. The molecular formula is C40H52Ge2O. The number of hydrogen-bond donors (Lipinski definition) is 0. The summed E-state index contributed by atoms with van der Waals surface area (Å²) >= 11 is -5.07. The van der Waals surface area contributed by atoms with E-state index < -0.39 is 29.4 Å². The van der Waals surface area contributed by atoms with E-state index in [1.165, 1.54) is 44.5 Å². The fourth-order valence-electron chi connectivity index (χ4n) is 6.69. The van der Waals surface area contributed by atoms with E-state index in [0.717, 1.165) is 51.4 Å². The van der Waals surface area contributed by atoms with Gasteiger partial charge in [-0.2, -0.15) is 0 Å². The predicted octanol–water partition coefficient (Wildman–Crippen LogP) is 7.11. The van der Waals surface area contributed by atoms with Crippen molar-refractivity contribution in [3.63, 3.8) is 0 Å². The second-order valence-electron chi connectivity index (χ2n) is 11.4. The molecule has 0 fully saturated rings. The molecule has 0 unspecified atom stereocenters. The van der Waals surface area contributed by atoms with Gasteiger partial charge in [-0.3, -0.25) is 0 Å². The number of benzene rings is 4. The third-order valence-electron chi connectivity index (χ3n) is 9.11. The molecule has 226 valence electrons. The van der Waals surface area contributed by atoms with Crippen LogP contribution in [0.2, 0.25) is 0 Å². The molecular weight excluding hydrogens is 642 g/mol. The van der Waals surface area contributed by atoms with Gasteiger partial charge in [0.25, 0.3) is 0 Å². The normalized spacial score (nSPS) is 11.6. The van der Waals surface area contributed by atoms with Crippen LogP contribution >= 0.6 is 0 Å². The molecule has 0 aliphatic carbocycles. The quantitative estimate of drug-likeness (QED) is 0.128. The van der Waals surface area contributed by atoms with E-state index in [1.807, 2.05) is 0 Å². The molecule has 3 heteroatoms. The van der Waals surface area contributed by atoms with E-state index in [-0.39, 0.29) is 0 Å². The van der Waals surface area contributed by atoms with E-state index in [4.69, 9.17) is 2.79 Å². The van der Waals surface area contributed by atoms with Gasteiger partial charge in [-0.25, -0.2) is 0 Å². The van der Waals surface area contributed by atoms with Crippen LogP contribution in [0.5, 0.6) is 0 Å². The average molecular weight is 694 g/mol. The van der Waals surface area contributed by atoms with Crippen LogP contribution in [0.15, 0.2) is 72.8 Å². The van der Waals surface area contributed by atoms with Gasteiger partial charge in [0, 0.05) is 0 Å². The molecule has 0 aliphatic rings. The third-order valence-corrected chi connectivity index (χ3v) is 23.6. The summed E-state index contributed by atoms with van der Waals surface area (Å²) < 4.78 is 14.6. The number of rotatable bonds is 14. The third kappa shape index (κ3) is 7.10. The Bertz CT molecular complexity index is 1190. The molecule has 0 aromatic heterocycles. The summed E-state index contributed by atoms with van der Waals surface area (Å²) in [7, 11) is 0. The van der Waals surface area contributed by atoms with E-state index >= 15 is 0 Å². The predicted molar refractivity (Wildman–Crippen MR) is 192 cm³/mol. The number of aryl methyl sites for hydroxylation is 8. The van der Waals surface area contributed by atoms with Gasteiger partial charge in [0.15, 0.2) is 0 Å². The summed E-state index contributed by atoms with van der Waals surface area (Å²) in [6.07, 6.45) is 8.38. The maximum atomic E-state index is 8.27. The monoisotopic (exact) mass is 696 g/mol. The van der Waals surface area contributed by atoms with Crippen LogP contribution in [0, 0.1) is 0 Å². The Hall–Kier alpha value is -2.07. The molecule has 0 heterocycles. The van der Waals surface area contributed by atoms with Crippen molar-refractivity contribution in [2.45, 2.75) is 107 Å². The minimum absolute atomic E-state index is 1.05. The van der Waals surface area contributed by atoms with Crippen molar-refractivity contribution >= 4 is 47.0 Å². The van der Waals surface area contributed by atoms with Crippen molar-refractivity contribution in [3.8, 4) is 0 Å². The second kappa shape index (κ2) is 16.3. The zero-order chi connectivity index (χ0) is 30.9. The topological polar surface area (TPSA) is 9.23 Å². The molecule has 4 aromatic carbocycles. The molecule has 0 atom stereocenters. The Labute approximate surface area is 272 Å². The molecule has 0 spiro atoms. The second-order valence-corrected chi connectivity index (χ2v) is 21.0. The zero-order valence-corrected chi connectivity index (χ0v) is 32.2. The van der Waals surface area contributed by atoms with E-state index in [2.05, 4.69) is 128 Å². The molecule has 43 heavy (non-hydrogen) atoms. The van der Waals surface area contributed by atoms with Gasteiger partial charge in [-0.05, 0) is 0 Å². The Morgan fingerprint density at radius 3 is 0.628 bits per heavy atom. The van der Waals surface area contributed by atoms with Crippen molar-refractivity contribution in [3.05, 3.63) is 117 Å². The van der Waals surface area contributed by atoms with Crippen LogP contribution in [0.1, 0.15) is 99.9 Å². The van der Waals surface area contributed by atoms with Crippen LogP contribution in [0.4, 0.5) is 0 Å². The Kier molecular flexibility index (Phi) is 12.8. The van der Waals surface area contributed by atoms with E-state index in [9.17, 15) is 0 Å². The van der Waals surface area contributed by atoms with Crippen LogP contribution < -0.4 is 17.6 Å². The van der Waals surface area contributed by atoms with E-state index in [0.29, 0.717) is 0 Å². The average Bonchev–Trinajstić information content (AvgIpc) is 3.07. The molecule has 0 saturated carbocycles. The van der Waals surface area contributed by atoms with Crippen LogP contribution in [-0.4, -0.2) is 29.4 Å². The summed E-state index contributed by atoms with van der Waals surface area (Å²) in [5, 5.41) is 0. The van der Waals surface area contributed by atoms with Gasteiger partial charge in [-0.1, -0.05) is 0 Å². The van der Waals surface area contributed by atoms with Gasteiger partial charge in [0.2, 0.25) is 0 Å². The van der Waals surface area contributed by atoms with Gasteiger partial charge in [0.1, 0.15) is 0 Å². The van der Waals surface area contributed by atoms with Crippen molar-refractivity contribution in [2.24, 2.45) is 0 Å². The van der Waals surface area contributed by atoms with Crippen molar-refractivity contribution in [2.75, 3.05) is 0 Å². The maximum absolute atomic E-state index is 8.27. The van der Waals surface area contributed by atoms with Crippen molar-refractivity contribution in [1.82, 2.24) is 0 Å². The zero-order valence-electron chi connectivity index (χ0n) is 28.0. The molecule has 2 radical (unpaired) electrons. The van der Waals surface area contributed by atoms with Crippen LogP contribution in [0.3, 0.4) is 0 Å². The molecule has 4 aromatic rings. The Balaban J connectivity index is 2.15. The summed E-state index contributed by atoms with van der Waals surface area (Å²) in [5.41, 5.74) is 12.0. The van der Waals surface area contributed by atoms with Crippen molar-refractivity contribution < 1.29 is 2.79 Å². The first kappa shape index (κ1) is 33.8. The minimum atomic E-state index is -2.54. The first-order valence-electron chi connectivity index (χ1n) is 16.9. The standard InChI is InChI=1S/C40H52Ge2O/c1-9-29-21-17-22-30(10-2)37(29)41(38-31(11-3)23-18-24-32(38)12-4)43-42(39-33(13-5)25-19-26-34(39)14-6)40-35(15-7)27-20-28-36(40)16-8/h17-28H,9-16H2,1-8H3. The SMILES string of the molecule is CCc1cccc(CC)[c]1[Ge]([O][Ge]([c]1c(CC)cccc1CC)[c]1c(CC)cccc1CC)[c]1c(CC)cccc1CC. The Morgan fingerprint density at radius 2 is 0.488 bits per heavy atom. The molecule has 4 rings (SSSR count). The molecule has 0 N–H and O–H groups in total. The fraction of sp³-hybridized carbons (Fsp3) is 0.400. The molecule has 0 amide bonds. The summed E-state index contributed by atoms with van der Waals surface area (Å²) in [5.74, 6) is 0. The van der Waals surface area contributed by atoms with Crippen molar-refractivity contribution in [1.29, 1.82) is 0 Å². The van der Waals surface area contributed by atoms with E-state index in [1.54, 1.807) is 17.6 Å². The summed E-state index contributed by atoms with van der Waals surface area (Å²) in [6, 6.07) is 28.2. The molecule has 0 aliphatic heterocycles. The van der Waals surface area contributed by atoms with Crippen LogP contribution in [0.25, 0.3) is 0 Å². The summed E-state index contributed by atoms with van der Waals surface area (Å²) in [4.78, 5) is 0. The van der Waals surface area contributed by atoms with Crippen LogP contribution in [-0.2, 0) is 54.2 Å². The Morgan fingerprint density at radius 1 is 0.326 bits per heavy atom. The van der Waals surface area contributed by atoms with Gasteiger partial charge in [0.05, 0.1) is 0 Å². The fourth-order valence-corrected chi connectivity index (χ4v) is 25.0.